The van der Waals surface area contributed by atoms with Crippen LogP contribution in [0.3, 0.4) is 0 Å². The number of nitrogens with zero attached hydrogens (tertiary/aromatic N) is 2. The summed E-state index contributed by atoms with van der Waals surface area (Å²) in [4.78, 5) is 19.0. The predicted octanol–water partition coefficient (Wildman–Crippen LogP) is 5.46. The Hall–Kier alpha value is -2.03. The topological polar surface area (TPSA) is 59.0 Å². The van der Waals surface area contributed by atoms with Gasteiger partial charge in [0.1, 0.15) is 5.82 Å². The summed E-state index contributed by atoms with van der Waals surface area (Å²) in [5.41, 5.74) is 0.786. The SMILES string of the molecule is CON(C)C(=O)[C@@H]1[C@@H](c2ccc(F)cc2)[C@H]1S(=O)(=N[Si](C)(C)C(C)(C)C)c1ccccc1. The van der Waals surface area contributed by atoms with Crippen molar-refractivity contribution in [1.82, 2.24) is 5.06 Å². The molecule has 1 fully saturated rings. The Labute approximate surface area is 192 Å². The highest BCUT2D eigenvalue weighted by molar-refractivity contribution is 7.95. The first-order chi connectivity index (χ1) is 14.8. The minimum absolute atomic E-state index is 0.118. The quantitative estimate of drug-likeness (QED) is 0.411. The van der Waals surface area contributed by atoms with Gasteiger partial charge in [-0.25, -0.2) is 13.7 Å². The van der Waals surface area contributed by atoms with Crippen molar-refractivity contribution in [1.29, 1.82) is 0 Å². The standard InChI is InChI=1S/C24H33FN2O3SSi/c1-24(2,3)32(6,7)26-31(29,19-11-9-8-10-12-19)22-20(17-13-15-18(25)16-14-17)21(22)23(28)27(4)30-5/h8-16,20-22H,1-7H3/t20-,21-,22-,31?/m1/s1. The van der Waals surface area contributed by atoms with E-state index in [0.717, 1.165) is 5.56 Å². The Kier molecular flexibility index (Phi) is 6.71. The first-order valence-corrected chi connectivity index (χ1v) is 15.3. The lowest BCUT2D eigenvalue weighted by atomic mass is 10.1. The van der Waals surface area contributed by atoms with E-state index in [-0.39, 0.29) is 22.7 Å². The first kappa shape index (κ1) is 24.6. The number of amides is 1. The summed E-state index contributed by atoms with van der Waals surface area (Å²) in [7, 11) is -2.34. The maximum Gasteiger partial charge on any atom is 0.250 e. The maximum atomic E-state index is 14.9. The number of carbonyl (C=O) groups is 1. The Morgan fingerprint density at radius 2 is 1.66 bits per heavy atom. The summed E-state index contributed by atoms with van der Waals surface area (Å²) in [6.07, 6.45) is 0. The van der Waals surface area contributed by atoms with Gasteiger partial charge in [-0.3, -0.25) is 13.7 Å². The molecule has 0 radical (unpaired) electrons. The molecule has 5 nitrogen and oxygen atoms in total. The van der Waals surface area contributed by atoms with Crippen molar-refractivity contribution in [3.63, 3.8) is 0 Å². The van der Waals surface area contributed by atoms with E-state index in [1.165, 1.54) is 24.3 Å². The molecular formula is C24H33FN2O3SSi. The van der Waals surface area contributed by atoms with Crippen molar-refractivity contribution in [2.24, 2.45) is 9.95 Å². The minimum Gasteiger partial charge on any atom is -0.275 e. The molecule has 0 N–H and O–H groups in total. The normalized spacial score (nSPS) is 22.7. The number of rotatable bonds is 6. The summed E-state index contributed by atoms with van der Waals surface area (Å²) in [6.45, 7) is 10.6. The zero-order valence-corrected chi connectivity index (χ0v) is 21.7. The van der Waals surface area contributed by atoms with Crippen LogP contribution < -0.4 is 0 Å². The molecule has 0 spiro atoms. The lowest BCUT2D eigenvalue weighted by Crippen LogP contribution is -2.37. The van der Waals surface area contributed by atoms with Crippen molar-refractivity contribution in [2.45, 2.75) is 55.0 Å². The highest BCUT2D eigenvalue weighted by atomic mass is 32.2. The Balaban J connectivity index is 2.23. The van der Waals surface area contributed by atoms with Crippen LogP contribution in [0.5, 0.6) is 0 Å². The largest absolute Gasteiger partial charge is 0.275 e. The average Bonchev–Trinajstić information content (AvgIpc) is 3.49. The Morgan fingerprint density at radius 1 is 1.09 bits per heavy atom. The lowest BCUT2D eigenvalue weighted by Gasteiger charge is -2.33. The van der Waals surface area contributed by atoms with Gasteiger partial charge in [-0.15, -0.1) is 0 Å². The zero-order valence-electron chi connectivity index (χ0n) is 19.8. The fraction of sp³-hybridized carbons (Fsp3) is 0.458. The number of hydrogen-bond donors (Lipinski definition) is 0. The molecule has 8 heteroatoms. The van der Waals surface area contributed by atoms with Crippen LogP contribution >= 0.6 is 0 Å². The molecule has 2 aromatic rings. The smallest absolute Gasteiger partial charge is 0.250 e. The predicted molar refractivity (Wildman–Crippen MR) is 129 cm³/mol. The highest BCUT2D eigenvalue weighted by Crippen LogP contribution is 2.56. The molecule has 0 saturated heterocycles. The second-order valence-electron chi connectivity index (χ2n) is 9.87. The molecule has 1 unspecified atom stereocenters. The van der Waals surface area contributed by atoms with E-state index in [0.29, 0.717) is 4.90 Å². The monoisotopic (exact) mass is 476 g/mol. The van der Waals surface area contributed by atoms with E-state index in [4.69, 9.17) is 8.87 Å². The Morgan fingerprint density at radius 3 is 2.16 bits per heavy atom. The lowest BCUT2D eigenvalue weighted by molar-refractivity contribution is -0.170. The molecule has 32 heavy (non-hydrogen) atoms. The van der Waals surface area contributed by atoms with Crippen LogP contribution in [-0.4, -0.2) is 42.8 Å². The van der Waals surface area contributed by atoms with E-state index in [9.17, 15) is 13.4 Å². The van der Waals surface area contributed by atoms with E-state index in [1.807, 2.05) is 30.3 Å². The van der Waals surface area contributed by atoms with E-state index in [2.05, 4.69) is 33.9 Å². The first-order valence-electron chi connectivity index (χ1n) is 10.7. The molecule has 1 aliphatic carbocycles. The summed E-state index contributed by atoms with van der Waals surface area (Å²) in [5, 5.41) is 0.543. The van der Waals surface area contributed by atoms with Gasteiger partial charge in [0.25, 0.3) is 5.91 Å². The summed E-state index contributed by atoms with van der Waals surface area (Å²) >= 11 is 0. The molecule has 0 aromatic heterocycles. The molecule has 0 bridgehead atoms. The van der Waals surface area contributed by atoms with E-state index < -0.39 is 29.1 Å². The molecule has 0 aliphatic heterocycles. The molecule has 0 heterocycles. The van der Waals surface area contributed by atoms with Gasteiger partial charge in [-0.2, -0.15) is 0 Å². The number of hydroxylamine groups is 2. The third kappa shape index (κ3) is 4.54. The molecule has 174 valence electrons. The minimum atomic E-state index is -2.97. The van der Waals surface area contributed by atoms with Crippen molar-refractivity contribution in [3.8, 4) is 0 Å². The van der Waals surface area contributed by atoms with Gasteiger partial charge in [0, 0.05) is 17.9 Å². The molecule has 1 amide bonds. The molecule has 2 aromatic carbocycles. The van der Waals surface area contributed by atoms with Crippen LogP contribution in [0.1, 0.15) is 32.3 Å². The van der Waals surface area contributed by atoms with Gasteiger partial charge in [0.05, 0.1) is 28.0 Å². The van der Waals surface area contributed by atoms with Crippen LogP contribution in [0.4, 0.5) is 4.39 Å². The van der Waals surface area contributed by atoms with Crippen molar-refractivity contribution >= 4 is 23.9 Å². The van der Waals surface area contributed by atoms with Crippen molar-refractivity contribution < 1.29 is 18.2 Å². The molecule has 1 saturated carbocycles. The van der Waals surface area contributed by atoms with Crippen LogP contribution in [0, 0.1) is 11.7 Å². The highest BCUT2D eigenvalue weighted by Gasteiger charge is 2.62. The summed E-state index contributed by atoms with van der Waals surface area (Å²) in [6, 6.07) is 15.3. The number of halogens is 1. The second-order valence-corrected chi connectivity index (χ2v) is 17.4. The molecule has 1 aliphatic rings. The number of hydrogen-bond acceptors (Lipinski definition) is 4. The van der Waals surface area contributed by atoms with Crippen LogP contribution in [0.25, 0.3) is 0 Å². The Bertz CT molecular complexity index is 1090. The summed E-state index contributed by atoms with van der Waals surface area (Å²) in [5.74, 6) is -1.49. The van der Waals surface area contributed by atoms with Gasteiger partial charge < -0.3 is 0 Å². The van der Waals surface area contributed by atoms with E-state index >= 15 is 0 Å². The molecule has 3 rings (SSSR count). The summed E-state index contributed by atoms with van der Waals surface area (Å²) < 4.78 is 33.6. The fourth-order valence-electron chi connectivity index (χ4n) is 3.72. The van der Waals surface area contributed by atoms with Gasteiger partial charge in [-0.1, -0.05) is 51.1 Å². The van der Waals surface area contributed by atoms with Crippen LogP contribution in [0.15, 0.2) is 63.5 Å². The fourth-order valence-corrected chi connectivity index (χ4v) is 10.6. The third-order valence-electron chi connectivity index (χ3n) is 6.73. The van der Waals surface area contributed by atoms with Crippen LogP contribution in [-0.2, 0) is 19.4 Å². The second kappa shape index (κ2) is 8.72. The van der Waals surface area contributed by atoms with Gasteiger partial charge in [0.2, 0.25) is 0 Å². The van der Waals surface area contributed by atoms with E-state index in [1.54, 1.807) is 19.2 Å². The zero-order chi connectivity index (χ0) is 23.9. The van der Waals surface area contributed by atoms with Gasteiger partial charge in [-0.05, 0) is 48.0 Å². The molecule has 4 atom stereocenters. The number of benzene rings is 2. The average molecular weight is 477 g/mol. The van der Waals surface area contributed by atoms with Crippen molar-refractivity contribution in [3.05, 3.63) is 66.0 Å². The molecular weight excluding hydrogens is 443 g/mol. The van der Waals surface area contributed by atoms with Gasteiger partial charge in [0.15, 0.2) is 8.24 Å². The maximum absolute atomic E-state index is 14.9. The van der Waals surface area contributed by atoms with Crippen LogP contribution in [0.2, 0.25) is 18.1 Å². The number of carbonyl (C=O) groups excluding carboxylic acids is 1. The third-order valence-corrected chi connectivity index (χ3v) is 15.6. The van der Waals surface area contributed by atoms with Gasteiger partial charge >= 0.3 is 0 Å². The van der Waals surface area contributed by atoms with Crippen molar-refractivity contribution in [2.75, 3.05) is 14.2 Å².